The number of aryl methyl sites for hydroxylation is 1. The van der Waals surface area contributed by atoms with Crippen molar-refractivity contribution in [2.24, 2.45) is 0 Å². The fourth-order valence-electron chi connectivity index (χ4n) is 2.86. The number of benzene rings is 1. The first-order valence-electron chi connectivity index (χ1n) is 7.91. The predicted octanol–water partition coefficient (Wildman–Crippen LogP) is 2.89. The molecule has 2 heterocycles. The molecule has 1 saturated heterocycles. The third-order valence-corrected chi connectivity index (χ3v) is 5.01. The van der Waals surface area contributed by atoms with Crippen molar-refractivity contribution in [1.29, 1.82) is 0 Å². The minimum absolute atomic E-state index is 0.0724. The van der Waals surface area contributed by atoms with Crippen molar-refractivity contribution in [2.75, 3.05) is 30.4 Å². The number of rotatable bonds is 4. The lowest BCUT2D eigenvalue weighted by atomic mass is 10.0. The number of hydrogen-bond donors (Lipinski definition) is 2. The second-order valence-corrected chi connectivity index (χ2v) is 6.72. The second-order valence-electron chi connectivity index (χ2n) is 5.86. The minimum atomic E-state index is -0.0724. The highest BCUT2D eigenvalue weighted by Gasteiger charge is 2.22. The van der Waals surface area contributed by atoms with Gasteiger partial charge < -0.3 is 15.5 Å². The maximum Gasteiger partial charge on any atom is 0.271 e. The van der Waals surface area contributed by atoms with E-state index in [2.05, 4.69) is 51.7 Å². The Kier molecular flexibility index (Phi) is 4.81. The molecule has 1 fully saturated rings. The van der Waals surface area contributed by atoms with Gasteiger partial charge in [-0.15, -0.1) is 11.3 Å². The summed E-state index contributed by atoms with van der Waals surface area (Å²) >= 11 is 1.45. The summed E-state index contributed by atoms with van der Waals surface area (Å²) in [5, 5.41) is 8.62. The first-order chi connectivity index (χ1) is 11.2. The van der Waals surface area contributed by atoms with Crippen LogP contribution < -0.4 is 15.5 Å². The summed E-state index contributed by atoms with van der Waals surface area (Å²) in [5.41, 5.74) is 3.05. The van der Waals surface area contributed by atoms with Gasteiger partial charge in [-0.2, -0.15) is 0 Å². The number of hydrogen-bond acceptors (Lipinski definition) is 5. The normalized spacial score (nSPS) is 15.5. The van der Waals surface area contributed by atoms with Crippen LogP contribution in [0.15, 0.2) is 29.6 Å². The van der Waals surface area contributed by atoms with Crippen molar-refractivity contribution in [2.45, 2.75) is 25.8 Å². The van der Waals surface area contributed by atoms with Gasteiger partial charge in [-0.25, -0.2) is 4.98 Å². The number of amides is 1. The summed E-state index contributed by atoms with van der Waals surface area (Å²) < 4.78 is 0. The van der Waals surface area contributed by atoms with E-state index in [9.17, 15) is 4.79 Å². The van der Waals surface area contributed by atoms with E-state index in [0.29, 0.717) is 5.69 Å². The monoisotopic (exact) mass is 330 g/mol. The average Bonchev–Trinajstić information content (AvgIpc) is 3.05. The molecular weight excluding hydrogens is 308 g/mol. The lowest BCUT2D eigenvalue weighted by Gasteiger charge is -2.34. The lowest BCUT2D eigenvalue weighted by Crippen LogP contribution is -2.44. The Morgan fingerprint density at radius 1 is 1.35 bits per heavy atom. The standard InChI is InChI=1S/C17H22N4OS/c1-12-4-3-5-14(10-12)21-8-6-13(7-9-21)19-16(22)15-11-23-17(18-2)20-15/h3-5,10-11,13H,6-9H2,1-2H3,(H,18,20)(H,19,22). The average molecular weight is 330 g/mol. The third kappa shape index (κ3) is 3.82. The number of piperidine rings is 1. The van der Waals surface area contributed by atoms with Crippen molar-refractivity contribution in [1.82, 2.24) is 10.3 Å². The maximum atomic E-state index is 12.2. The molecule has 1 amide bonds. The van der Waals surface area contributed by atoms with Gasteiger partial charge in [0.15, 0.2) is 5.13 Å². The van der Waals surface area contributed by atoms with E-state index in [-0.39, 0.29) is 11.9 Å². The van der Waals surface area contributed by atoms with Gasteiger partial charge in [0.1, 0.15) is 5.69 Å². The van der Waals surface area contributed by atoms with Gasteiger partial charge in [-0.05, 0) is 37.5 Å². The Hall–Kier alpha value is -2.08. The van der Waals surface area contributed by atoms with Crippen LogP contribution in [0.5, 0.6) is 0 Å². The van der Waals surface area contributed by atoms with E-state index < -0.39 is 0 Å². The largest absolute Gasteiger partial charge is 0.371 e. The molecule has 0 spiro atoms. The van der Waals surface area contributed by atoms with Crippen LogP contribution in [-0.2, 0) is 0 Å². The molecule has 3 rings (SSSR count). The summed E-state index contributed by atoms with van der Waals surface area (Å²) in [6.45, 7) is 4.05. The van der Waals surface area contributed by atoms with Crippen LogP contribution >= 0.6 is 11.3 Å². The van der Waals surface area contributed by atoms with Crippen LogP contribution in [0.25, 0.3) is 0 Å². The van der Waals surface area contributed by atoms with Gasteiger partial charge >= 0.3 is 0 Å². The number of carbonyl (C=O) groups is 1. The fraction of sp³-hybridized carbons (Fsp3) is 0.412. The fourth-order valence-corrected chi connectivity index (χ4v) is 3.51. The Labute approximate surface area is 140 Å². The molecule has 1 aromatic carbocycles. The molecule has 23 heavy (non-hydrogen) atoms. The highest BCUT2D eigenvalue weighted by molar-refractivity contribution is 7.13. The molecule has 0 saturated carbocycles. The lowest BCUT2D eigenvalue weighted by molar-refractivity contribution is 0.0927. The summed E-state index contributed by atoms with van der Waals surface area (Å²) in [6.07, 6.45) is 1.92. The highest BCUT2D eigenvalue weighted by Crippen LogP contribution is 2.21. The zero-order valence-corrected chi connectivity index (χ0v) is 14.3. The molecular formula is C17H22N4OS. The quantitative estimate of drug-likeness (QED) is 0.905. The maximum absolute atomic E-state index is 12.2. The molecule has 1 aliphatic rings. The van der Waals surface area contributed by atoms with Crippen molar-refractivity contribution in [3.63, 3.8) is 0 Å². The van der Waals surface area contributed by atoms with Crippen LogP contribution in [0.1, 0.15) is 28.9 Å². The molecule has 5 nitrogen and oxygen atoms in total. The Morgan fingerprint density at radius 3 is 2.78 bits per heavy atom. The summed E-state index contributed by atoms with van der Waals surface area (Å²) in [6, 6.07) is 8.81. The number of nitrogens with one attached hydrogen (secondary N) is 2. The van der Waals surface area contributed by atoms with E-state index in [0.717, 1.165) is 31.1 Å². The van der Waals surface area contributed by atoms with Gasteiger partial charge in [-0.1, -0.05) is 12.1 Å². The number of anilines is 2. The summed E-state index contributed by atoms with van der Waals surface area (Å²) in [5.74, 6) is -0.0724. The van der Waals surface area contributed by atoms with Crippen LogP contribution in [0, 0.1) is 6.92 Å². The van der Waals surface area contributed by atoms with Gasteiger partial charge in [0, 0.05) is 37.2 Å². The summed E-state index contributed by atoms with van der Waals surface area (Å²) in [7, 11) is 1.81. The van der Waals surface area contributed by atoms with Crippen LogP contribution in [-0.4, -0.2) is 37.1 Å². The molecule has 6 heteroatoms. The van der Waals surface area contributed by atoms with Gasteiger partial charge in [0.05, 0.1) is 0 Å². The van der Waals surface area contributed by atoms with E-state index in [1.54, 1.807) is 5.38 Å². The van der Waals surface area contributed by atoms with E-state index in [1.165, 1.54) is 22.6 Å². The van der Waals surface area contributed by atoms with Crippen molar-refractivity contribution >= 4 is 28.1 Å². The zero-order chi connectivity index (χ0) is 16.2. The van der Waals surface area contributed by atoms with E-state index in [1.807, 2.05) is 7.05 Å². The Balaban J connectivity index is 1.53. The van der Waals surface area contributed by atoms with E-state index >= 15 is 0 Å². The SMILES string of the molecule is CNc1nc(C(=O)NC2CCN(c3cccc(C)c3)CC2)cs1. The predicted molar refractivity (Wildman–Crippen MR) is 95.5 cm³/mol. The Morgan fingerprint density at radius 2 is 2.13 bits per heavy atom. The zero-order valence-electron chi connectivity index (χ0n) is 13.5. The van der Waals surface area contributed by atoms with Crippen LogP contribution in [0.2, 0.25) is 0 Å². The number of nitrogens with zero attached hydrogens (tertiary/aromatic N) is 2. The molecule has 0 aliphatic carbocycles. The molecule has 0 bridgehead atoms. The molecule has 2 aromatic rings. The summed E-state index contributed by atoms with van der Waals surface area (Å²) in [4.78, 5) is 18.9. The molecule has 0 unspecified atom stereocenters. The van der Waals surface area contributed by atoms with Crippen molar-refractivity contribution in [3.8, 4) is 0 Å². The second kappa shape index (κ2) is 7.00. The molecule has 2 N–H and O–H groups in total. The van der Waals surface area contributed by atoms with Crippen molar-refractivity contribution < 1.29 is 4.79 Å². The topological polar surface area (TPSA) is 57.3 Å². The van der Waals surface area contributed by atoms with Crippen LogP contribution in [0.4, 0.5) is 10.8 Å². The number of thiazole rings is 1. The first-order valence-corrected chi connectivity index (χ1v) is 8.79. The minimum Gasteiger partial charge on any atom is -0.371 e. The van der Waals surface area contributed by atoms with E-state index in [4.69, 9.17) is 0 Å². The van der Waals surface area contributed by atoms with Gasteiger partial charge in [0.2, 0.25) is 0 Å². The first kappa shape index (κ1) is 15.8. The van der Waals surface area contributed by atoms with Gasteiger partial charge in [0.25, 0.3) is 5.91 Å². The molecule has 0 atom stereocenters. The number of aromatic nitrogens is 1. The Bertz CT molecular complexity index is 677. The molecule has 122 valence electrons. The molecule has 0 radical (unpaired) electrons. The molecule has 1 aromatic heterocycles. The number of carbonyl (C=O) groups excluding carboxylic acids is 1. The smallest absolute Gasteiger partial charge is 0.271 e. The van der Waals surface area contributed by atoms with Crippen LogP contribution in [0.3, 0.4) is 0 Å². The third-order valence-electron chi connectivity index (χ3n) is 4.15. The highest BCUT2D eigenvalue weighted by atomic mass is 32.1. The van der Waals surface area contributed by atoms with Gasteiger partial charge in [-0.3, -0.25) is 4.79 Å². The van der Waals surface area contributed by atoms with Crippen molar-refractivity contribution in [3.05, 3.63) is 40.9 Å². The molecule has 1 aliphatic heterocycles.